The SMILES string of the molecule is CN(CCC#N)C(=O)CCN1CCCC1C1CCCCC1(C)O. The average Bonchev–Trinajstić information content (AvgIpc) is 2.97. The summed E-state index contributed by atoms with van der Waals surface area (Å²) >= 11 is 0. The van der Waals surface area contributed by atoms with E-state index in [0.29, 0.717) is 31.3 Å². The van der Waals surface area contributed by atoms with Gasteiger partial charge in [-0.25, -0.2) is 0 Å². The summed E-state index contributed by atoms with van der Waals surface area (Å²) in [5, 5.41) is 19.4. The van der Waals surface area contributed by atoms with Crippen molar-refractivity contribution in [3.05, 3.63) is 0 Å². The largest absolute Gasteiger partial charge is 0.390 e. The Kier molecular flexibility index (Phi) is 6.43. The highest BCUT2D eigenvalue weighted by molar-refractivity contribution is 5.76. The Hall–Kier alpha value is -1.12. The Labute approximate surface area is 140 Å². The monoisotopic (exact) mass is 321 g/mol. The molecule has 0 radical (unpaired) electrons. The van der Waals surface area contributed by atoms with Gasteiger partial charge in [0.15, 0.2) is 0 Å². The summed E-state index contributed by atoms with van der Waals surface area (Å²) in [6.07, 6.45) is 7.53. The first-order valence-electron chi connectivity index (χ1n) is 9.03. The van der Waals surface area contributed by atoms with Gasteiger partial charge in [-0.15, -0.1) is 0 Å². The van der Waals surface area contributed by atoms with E-state index in [1.165, 1.54) is 6.42 Å². The number of rotatable bonds is 6. The first kappa shape index (κ1) is 18.2. The van der Waals surface area contributed by atoms with Crippen LogP contribution >= 0.6 is 0 Å². The summed E-state index contributed by atoms with van der Waals surface area (Å²) in [7, 11) is 1.77. The molecule has 3 atom stereocenters. The van der Waals surface area contributed by atoms with Gasteiger partial charge < -0.3 is 10.0 Å². The fourth-order valence-electron chi connectivity index (χ4n) is 4.31. The van der Waals surface area contributed by atoms with E-state index in [2.05, 4.69) is 11.0 Å². The molecular weight excluding hydrogens is 290 g/mol. The molecule has 1 N–H and O–H groups in total. The van der Waals surface area contributed by atoms with Crippen LogP contribution in [0.1, 0.15) is 58.3 Å². The van der Waals surface area contributed by atoms with E-state index in [1.54, 1.807) is 11.9 Å². The molecule has 0 aromatic heterocycles. The van der Waals surface area contributed by atoms with Gasteiger partial charge in [0.05, 0.1) is 18.1 Å². The van der Waals surface area contributed by atoms with Crippen LogP contribution in [0.15, 0.2) is 0 Å². The molecular formula is C18H31N3O2. The van der Waals surface area contributed by atoms with Gasteiger partial charge in [0.1, 0.15) is 0 Å². The molecule has 5 nitrogen and oxygen atoms in total. The summed E-state index contributed by atoms with van der Waals surface area (Å²) in [6, 6.07) is 2.50. The molecule has 130 valence electrons. The number of likely N-dealkylation sites (tertiary alicyclic amines) is 1. The van der Waals surface area contributed by atoms with Gasteiger partial charge in [-0.1, -0.05) is 12.8 Å². The summed E-state index contributed by atoms with van der Waals surface area (Å²) in [5.74, 6) is 0.450. The molecule has 1 heterocycles. The molecule has 0 bridgehead atoms. The second-order valence-electron chi connectivity index (χ2n) is 7.43. The normalized spacial score (nSPS) is 31.7. The second-order valence-corrected chi connectivity index (χ2v) is 7.43. The van der Waals surface area contributed by atoms with Gasteiger partial charge in [-0.05, 0) is 39.2 Å². The van der Waals surface area contributed by atoms with Crippen molar-refractivity contribution in [2.45, 2.75) is 69.9 Å². The lowest BCUT2D eigenvalue weighted by Crippen LogP contribution is -2.49. The Morgan fingerprint density at radius 1 is 1.39 bits per heavy atom. The minimum absolute atomic E-state index is 0.112. The van der Waals surface area contributed by atoms with E-state index in [9.17, 15) is 9.90 Å². The highest BCUT2D eigenvalue weighted by atomic mass is 16.3. The zero-order chi connectivity index (χ0) is 16.9. The summed E-state index contributed by atoms with van der Waals surface area (Å²) in [4.78, 5) is 16.2. The average molecular weight is 321 g/mol. The predicted molar refractivity (Wildman–Crippen MR) is 89.7 cm³/mol. The smallest absolute Gasteiger partial charge is 0.223 e. The van der Waals surface area contributed by atoms with Crippen molar-refractivity contribution in [3.8, 4) is 6.07 Å². The maximum atomic E-state index is 12.2. The molecule has 1 aliphatic carbocycles. The maximum Gasteiger partial charge on any atom is 0.223 e. The lowest BCUT2D eigenvalue weighted by Gasteiger charge is -2.43. The Morgan fingerprint density at radius 2 is 2.17 bits per heavy atom. The van der Waals surface area contributed by atoms with E-state index in [4.69, 9.17) is 5.26 Å². The molecule has 1 saturated heterocycles. The fraction of sp³-hybridized carbons (Fsp3) is 0.889. The molecule has 2 aliphatic rings. The zero-order valence-electron chi connectivity index (χ0n) is 14.6. The van der Waals surface area contributed by atoms with Crippen LogP contribution in [-0.4, -0.2) is 59.1 Å². The lowest BCUT2D eigenvalue weighted by molar-refractivity contribution is -0.130. The number of hydrogen-bond acceptors (Lipinski definition) is 4. The van der Waals surface area contributed by atoms with E-state index in [0.717, 1.165) is 45.2 Å². The van der Waals surface area contributed by atoms with Crippen molar-refractivity contribution in [1.82, 2.24) is 9.80 Å². The number of nitriles is 1. The second kappa shape index (κ2) is 8.12. The minimum Gasteiger partial charge on any atom is -0.390 e. The first-order valence-corrected chi connectivity index (χ1v) is 9.03. The lowest BCUT2D eigenvalue weighted by atomic mass is 9.72. The number of nitrogens with zero attached hydrogens (tertiary/aromatic N) is 3. The summed E-state index contributed by atoms with van der Waals surface area (Å²) < 4.78 is 0. The molecule has 5 heteroatoms. The number of aliphatic hydroxyl groups is 1. The topological polar surface area (TPSA) is 67.6 Å². The van der Waals surface area contributed by atoms with Crippen LogP contribution in [0, 0.1) is 17.2 Å². The van der Waals surface area contributed by atoms with Gasteiger partial charge in [0.25, 0.3) is 0 Å². The van der Waals surface area contributed by atoms with Gasteiger partial charge in [0.2, 0.25) is 5.91 Å². The Balaban J connectivity index is 1.87. The molecule has 1 aliphatic heterocycles. The zero-order valence-corrected chi connectivity index (χ0v) is 14.6. The van der Waals surface area contributed by atoms with Gasteiger partial charge in [0, 0.05) is 38.5 Å². The van der Waals surface area contributed by atoms with E-state index in [-0.39, 0.29) is 5.91 Å². The van der Waals surface area contributed by atoms with Crippen molar-refractivity contribution in [2.75, 3.05) is 26.7 Å². The van der Waals surface area contributed by atoms with E-state index in [1.807, 2.05) is 6.92 Å². The molecule has 0 aromatic rings. The van der Waals surface area contributed by atoms with Crippen LogP contribution in [0.3, 0.4) is 0 Å². The first-order chi connectivity index (χ1) is 11.0. The van der Waals surface area contributed by atoms with E-state index < -0.39 is 5.60 Å². The van der Waals surface area contributed by atoms with Gasteiger partial charge in [-0.2, -0.15) is 5.26 Å². The van der Waals surface area contributed by atoms with Crippen molar-refractivity contribution in [3.63, 3.8) is 0 Å². The highest BCUT2D eigenvalue weighted by Crippen LogP contribution is 2.40. The maximum absolute atomic E-state index is 12.2. The van der Waals surface area contributed by atoms with Crippen LogP contribution in [0.2, 0.25) is 0 Å². The molecule has 2 fully saturated rings. The highest BCUT2D eigenvalue weighted by Gasteiger charge is 2.43. The van der Waals surface area contributed by atoms with Crippen LogP contribution in [0.5, 0.6) is 0 Å². The molecule has 1 amide bonds. The Morgan fingerprint density at radius 3 is 2.87 bits per heavy atom. The fourth-order valence-corrected chi connectivity index (χ4v) is 4.31. The number of hydrogen-bond donors (Lipinski definition) is 1. The number of carbonyl (C=O) groups is 1. The van der Waals surface area contributed by atoms with Crippen molar-refractivity contribution in [1.29, 1.82) is 5.26 Å². The summed E-state index contributed by atoms with van der Waals surface area (Å²) in [5.41, 5.74) is -0.556. The molecule has 1 saturated carbocycles. The molecule has 23 heavy (non-hydrogen) atoms. The predicted octanol–water partition coefficient (Wildman–Crippen LogP) is 2.15. The van der Waals surface area contributed by atoms with Crippen LogP contribution in [0.25, 0.3) is 0 Å². The number of carbonyl (C=O) groups excluding carboxylic acids is 1. The standard InChI is InChI=1S/C18H31N3O2/c1-18(23)10-4-3-7-15(18)16-8-5-13-21(16)14-9-17(22)20(2)12-6-11-19/h15-16,23H,3-10,12-14H2,1-2H3. The Bertz CT molecular complexity index is 444. The molecule has 0 spiro atoms. The van der Waals surface area contributed by atoms with Crippen molar-refractivity contribution in [2.24, 2.45) is 5.92 Å². The third-order valence-electron chi connectivity index (χ3n) is 5.72. The van der Waals surface area contributed by atoms with Crippen molar-refractivity contribution < 1.29 is 9.90 Å². The van der Waals surface area contributed by atoms with Crippen molar-refractivity contribution >= 4 is 5.91 Å². The third kappa shape index (κ3) is 4.68. The van der Waals surface area contributed by atoms with Crippen LogP contribution < -0.4 is 0 Å². The quantitative estimate of drug-likeness (QED) is 0.814. The van der Waals surface area contributed by atoms with Gasteiger partial charge >= 0.3 is 0 Å². The molecule has 0 aromatic carbocycles. The minimum atomic E-state index is -0.556. The number of amides is 1. The molecule has 3 unspecified atom stereocenters. The van der Waals surface area contributed by atoms with Crippen LogP contribution in [0.4, 0.5) is 0 Å². The third-order valence-corrected chi connectivity index (χ3v) is 5.72. The van der Waals surface area contributed by atoms with E-state index >= 15 is 0 Å². The summed E-state index contributed by atoms with van der Waals surface area (Å²) in [6.45, 7) is 4.31. The van der Waals surface area contributed by atoms with Crippen LogP contribution in [-0.2, 0) is 4.79 Å². The van der Waals surface area contributed by atoms with Gasteiger partial charge in [-0.3, -0.25) is 9.69 Å². The molecule has 2 rings (SSSR count).